The van der Waals surface area contributed by atoms with Crippen molar-refractivity contribution in [1.29, 1.82) is 0 Å². The van der Waals surface area contributed by atoms with Crippen LogP contribution in [0.3, 0.4) is 0 Å². The summed E-state index contributed by atoms with van der Waals surface area (Å²) in [6.07, 6.45) is 2.51. The topological polar surface area (TPSA) is 58.1 Å². The molecular formula is C21H22N4O. The number of carbonyl (C=O) groups excluding carboxylic acids is 1. The van der Waals surface area contributed by atoms with Crippen molar-refractivity contribution in [2.24, 2.45) is 0 Å². The Morgan fingerprint density at radius 3 is 2.50 bits per heavy atom. The van der Waals surface area contributed by atoms with E-state index in [1.54, 1.807) is 0 Å². The van der Waals surface area contributed by atoms with Gasteiger partial charge in [0.25, 0.3) is 5.91 Å². The predicted molar refractivity (Wildman–Crippen MR) is 103 cm³/mol. The lowest BCUT2D eigenvalue weighted by Gasteiger charge is -2.16. The Labute approximate surface area is 153 Å². The van der Waals surface area contributed by atoms with Gasteiger partial charge in [0, 0.05) is 24.0 Å². The van der Waals surface area contributed by atoms with E-state index < -0.39 is 0 Å². The Morgan fingerprint density at radius 2 is 1.69 bits per heavy atom. The van der Waals surface area contributed by atoms with Crippen molar-refractivity contribution >= 4 is 16.8 Å². The van der Waals surface area contributed by atoms with Gasteiger partial charge < -0.3 is 10.2 Å². The zero-order chi connectivity index (χ0) is 17.8. The molecule has 1 N–H and O–H groups in total. The first-order valence-electron chi connectivity index (χ1n) is 9.14. The summed E-state index contributed by atoms with van der Waals surface area (Å²) in [5, 5.41) is 12.6. The smallest absolute Gasteiger partial charge is 0.254 e. The van der Waals surface area contributed by atoms with Crippen LogP contribution in [0.4, 0.5) is 0 Å². The maximum Gasteiger partial charge on any atom is 0.254 e. The number of benzene rings is 2. The van der Waals surface area contributed by atoms with Crippen molar-refractivity contribution in [1.82, 2.24) is 20.4 Å². The third-order valence-electron chi connectivity index (χ3n) is 4.85. The van der Waals surface area contributed by atoms with Gasteiger partial charge in [0.15, 0.2) is 0 Å². The Hall–Kier alpha value is -2.79. The molecule has 1 aliphatic heterocycles. The molecule has 1 saturated heterocycles. The highest BCUT2D eigenvalue weighted by atomic mass is 16.1. The molecule has 5 nitrogen and oxygen atoms in total. The van der Waals surface area contributed by atoms with E-state index in [1.165, 1.54) is 12.8 Å². The van der Waals surface area contributed by atoms with Gasteiger partial charge in [-0.25, -0.2) is 0 Å². The van der Waals surface area contributed by atoms with Gasteiger partial charge in [-0.05, 0) is 32.0 Å². The van der Waals surface area contributed by atoms with Gasteiger partial charge in [-0.3, -0.25) is 4.79 Å². The third-order valence-corrected chi connectivity index (χ3v) is 4.85. The van der Waals surface area contributed by atoms with Crippen LogP contribution in [-0.4, -0.2) is 47.2 Å². The minimum absolute atomic E-state index is 0.0888. The number of nitrogens with one attached hydrogen (secondary N) is 1. The number of carbonyl (C=O) groups is 1. The highest BCUT2D eigenvalue weighted by Gasteiger charge is 2.19. The fraction of sp³-hybridized carbons (Fsp3) is 0.286. The SMILES string of the molecule is O=C(NCCN1CCCC1)c1c(-c2ccccc2)nnc2ccccc12. The summed E-state index contributed by atoms with van der Waals surface area (Å²) in [6, 6.07) is 17.4. The van der Waals surface area contributed by atoms with Crippen molar-refractivity contribution in [2.75, 3.05) is 26.2 Å². The van der Waals surface area contributed by atoms with Crippen LogP contribution in [0.15, 0.2) is 54.6 Å². The summed E-state index contributed by atoms with van der Waals surface area (Å²) in [4.78, 5) is 15.4. The van der Waals surface area contributed by atoms with Crippen LogP contribution in [0, 0.1) is 0 Å². The van der Waals surface area contributed by atoms with Crippen LogP contribution >= 0.6 is 0 Å². The van der Waals surface area contributed by atoms with Crippen LogP contribution in [0.25, 0.3) is 22.2 Å². The molecule has 5 heteroatoms. The number of hydrogen-bond donors (Lipinski definition) is 1. The van der Waals surface area contributed by atoms with Crippen LogP contribution in [0.2, 0.25) is 0 Å². The summed E-state index contributed by atoms with van der Waals surface area (Å²) in [5.41, 5.74) is 2.86. The van der Waals surface area contributed by atoms with Gasteiger partial charge in [-0.1, -0.05) is 48.5 Å². The maximum absolute atomic E-state index is 13.0. The van der Waals surface area contributed by atoms with Crippen LogP contribution in [-0.2, 0) is 0 Å². The second-order valence-corrected chi connectivity index (χ2v) is 6.61. The standard InChI is InChI=1S/C21H22N4O/c26-21(22-12-15-25-13-6-7-14-25)19-17-10-4-5-11-18(17)23-24-20(19)16-8-2-1-3-9-16/h1-5,8-11H,6-7,12-15H2,(H,22,26). The van der Waals surface area contributed by atoms with E-state index in [4.69, 9.17) is 0 Å². The third kappa shape index (κ3) is 3.44. The molecule has 1 aliphatic rings. The van der Waals surface area contributed by atoms with E-state index in [0.29, 0.717) is 17.8 Å². The predicted octanol–water partition coefficient (Wildman–Crippen LogP) is 3.12. The van der Waals surface area contributed by atoms with E-state index in [2.05, 4.69) is 20.4 Å². The van der Waals surface area contributed by atoms with E-state index >= 15 is 0 Å². The van der Waals surface area contributed by atoms with Crippen molar-refractivity contribution < 1.29 is 4.79 Å². The number of nitrogens with zero attached hydrogens (tertiary/aromatic N) is 3. The molecule has 2 aromatic carbocycles. The first-order valence-corrected chi connectivity index (χ1v) is 9.14. The molecule has 0 radical (unpaired) electrons. The molecule has 1 fully saturated rings. The average Bonchev–Trinajstić information content (AvgIpc) is 3.21. The Kier molecular flexibility index (Phi) is 4.88. The quantitative estimate of drug-likeness (QED) is 0.771. The van der Waals surface area contributed by atoms with Gasteiger partial charge in [0.05, 0.1) is 11.1 Å². The number of aromatic nitrogens is 2. The highest BCUT2D eigenvalue weighted by Crippen LogP contribution is 2.26. The monoisotopic (exact) mass is 346 g/mol. The molecule has 0 spiro atoms. The largest absolute Gasteiger partial charge is 0.351 e. The van der Waals surface area contributed by atoms with E-state index in [1.807, 2.05) is 54.6 Å². The average molecular weight is 346 g/mol. The molecule has 1 amide bonds. The van der Waals surface area contributed by atoms with E-state index in [9.17, 15) is 4.79 Å². The van der Waals surface area contributed by atoms with Gasteiger partial charge in [-0.15, -0.1) is 10.2 Å². The summed E-state index contributed by atoms with van der Waals surface area (Å²) in [5.74, 6) is -0.0888. The molecule has 132 valence electrons. The van der Waals surface area contributed by atoms with Crippen molar-refractivity contribution in [2.45, 2.75) is 12.8 Å². The van der Waals surface area contributed by atoms with Crippen LogP contribution in [0.1, 0.15) is 23.2 Å². The van der Waals surface area contributed by atoms with E-state index in [0.717, 1.165) is 36.1 Å². The normalized spacial score (nSPS) is 14.6. The molecule has 0 aliphatic carbocycles. The molecule has 0 atom stereocenters. The van der Waals surface area contributed by atoms with Crippen LogP contribution in [0.5, 0.6) is 0 Å². The minimum atomic E-state index is -0.0888. The maximum atomic E-state index is 13.0. The zero-order valence-electron chi connectivity index (χ0n) is 14.7. The van der Waals surface area contributed by atoms with Gasteiger partial charge >= 0.3 is 0 Å². The second-order valence-electron chi connectivity index (χ2n) is 6.61. The zero-order valence-corrected chi connectivity index (χ0v) is 14.7. The molecule has 0 unspecified atom stereocenters. The number of amides is 1. The fourth-order valence-corrected chi connectivity index (χ4v) is 3.50. The van der Waals surface area contributed by atoms with Gasteiger partial charge in [0.2, 0.25) is 0 Å². The lowest BCUT2D eigenvalue weighted by molar-refractivity contribution is 0.0951. The van der Waals surface area contributed by atoms with Crippen molar-refractivity contribution in [3.8, 4) is 11.3 Å². The number of hydrogen-bond acceptors (Lipinski definition) is 4. The van der Waals surface area contributed by atoms with Gasteiger partial charge in [0.1, 0.15) is 5.69 Å². The summed E-state index contributed by atoms with van der Waals surface area (Å²) in [6.45, 7) is 3.79. The summed E-state index contributed by atoms with van der Waals surface area (Å²) < 4.78 is 0. The van der Waals surface area contributed by atoms with Crippen LogP contribution < -0.4 is 5.32 Å². The minimum Gasteiger partial charge on any atom is -0.351 e. The summed E-state index contributed by atoms with van der Waals surface area (Å²) >= 11 is 0. The molecule has 0 bridgehead atoms. The second kappa shape index (κ2) is 7.62. The summed E-state index contributed by atoms with van der Waals surface area (Å²) in [7, 11) is 0. The Balaban J connectivity index is 1.65. The van der Waals surface area contributed by atoms with Gasteiger partial charge in [-0.2, -0.15) is 0 Å². The molecule has 3 aromatic rings. The number of likely N-dealkylation sites (tertiary alicyclic amines) is 1. The molecule has 4 rings (SSSR count). The first-order chi connectivity index (χ1) is 12.8. The van der Waals surface area contributed by atoms with Crippen molar-refractivity contribution in [3.63, 3.8) is 0 Å². The molecule has 0 saturated carbocycles. The lowest BCUT2D eigenvalue weighted by Crippen LogP contribution is -2.34. The molecular weight excluding hydrogens is 324 g/mol. The molecule has 1 aromatic heterocycles. The van der Waals surface area contributed by atoms with E-state index in [-0.39, 0.29) is 5.91 Å². The highest BCUT2D eigenvalue weighted by molar-refractivity contribution is 6.10. The first kappa shape index (κ1) is 16.7. The Morgan fingerprint density at radius 1 is 0.962 bits per heavy atom. The fourth-order valence-electron chi connectivity index (χ4n) is 3.50. The molecule has 2 heterocycles. The molecule has 26 heavy (non-hydrogen) atoms. The Bertz CT molecular complexity index is 904. The number of fused-ring (bicyclic) bond motifs is 1. The number of rotatable bonds is 5. The lowest BCUT2D eigenvalue weighted by atomic mass is 10.0. The van der Waals surface area contributed by atoms with Crippen molar-refractivity contribution in [3.05, 3.63) is 60.2 Å².